The van der Waals surface area contributed by atoms with Crippen molar-refractivity contribution in [3.63, 3.8) is 0 Å². The molecule has 30 heavy (non-hydrogen) atoms. The van der Waals surface area contributed by atoms with Crippen LogP contribution >= 0.6 is 34.2 Å². The smallest absolute Gasteiger partial charge is 0.289 e. The Bertz CT molecular complexity index is 1370. The van der Waals surface area contributed by atoms with Gasteiger partial charge in [-0.1, -0.05) is 60.1 Å². The first-order chi connectivity index (χ1) is 14.3. The lowest BCUT2D eigenvalue weighted by Gasteiger charge is -2.16. The minimum Gasteiger partial charge on any atom is -0.289 e. The van der Waals surface area contributed by atoms with E-state index < -0.39 is 0 Å². The summed E-state index contributed by atoms with van der Waals surface area (Å²) < 4.78 is 3.80. The molecular weight excluding hydrogens is 511 g/mol. The van der Waals surface area contributed by atoms with Crippen molar-refractivity contribution in [2.45, 2.75) is 26.9 Å². The van der Waals surface area contributed by atoms with E-state index in [-0.39, 0.29) is 17.8 Å². The second-order valence-electron chi connectivity index (χ2n) is 7.45. The van der Waals surface area contributed by atoms with Crippen molar-refractivity contribution in [3.8, 4) is 0 Å². The number of nitrogens with zero attached hydrogens (tertiary/aromatic N) is 2. The van der Waals surface area contributed by atoms with E-state index >= 15 is 0 Å². The van der Waals surface area contributed by atoms with Crippen molar-refractivity contribution in [2.75, 3.05) is 0 Å². The minimum atomic E-state index is -0.362. The van der Waals surface area contributed by atoms with Crippen molar-refractivity contribution in [1.29, 1.82) is 0 Å². The molecule has 4 rings (SSSR count). The highest BCUT2D eigenvalue weighted by Crippen LogP contribution is 2.24. The summed E-state index contributed by atoms with van der Waals surface area (Å²) in [5.74, 6) is 0. The van der Waals surface area contributed by atoms with E-state index in [1.54, 1.807) is 10.6 Å². The zero-order chi connectivity index (χ0) is 21.4. The fourth-order valence-corrected chi connectivity index (χ4v) is 4.68. The van der Waals surface area contributed by atoms with Crippen LogP contribution in [0.2, 0.25) is 5.02 Å². The fourth-order valence-electron chi connectivity index (χ4n) is 3.60. The maximum absolute atomic E-state index is 13.5. The summed E-state index contributed by atoms with van der Waals surface area (Å²) in [4.78, 5) is 26.8. The van der Waals surface area contributed by atoms with E-state index in [1.165, 1.54) is 10.1 Å². The van der Waals surface area contributed by atoms with Gasteiger partial charge in [-0.15, -0.1) is 0 Å². The molecule has 6 heteroatoms. The van der Waals surface area contributed by atoms with Gasteiger partial charge < -0.3 is 0 Å². The lowest BCUT2D eigenvalue weighted by molar-refractivity contribution is 0.635. The second-order valence-corrected chi connectivity index (χ2v) is 9.10. The summed E-state index contributed by atoms with van der Waals surface area (Å²) in [7, 11) is 0. The molecule has 1 aromatic heterocycles. The molecule has 0 saturated carbocycles. The van der Waals surface area contributed by atoms with E-state index in [4.69, 9.17) is 11.6 Å². The third kappa shape index (κ3) is 3.96. The number of aromatic nitrogens is 2. The van der Waals surface area contributed by atoms with Crippen molar-refractivity contribution in [1.82, 2.24) is 9.13 Å². The molecule has 0 fully saturated rings. The Hall–Kier alpha value is -2.38. The van der Waals surface area contributed by atoms with Crippen molar-refractivity contribution >= 4 is 45.1 Å². The van der Waals surface area contributed by atoms with E-state index in [1.807, 2.05) is 68.4 Å². The van der Waals surface area contributed by atoms with Gasteiger partial charge in [-0.2, -0.15) is 0 Å². The Labute approximate surface area is 192 Å². The zero-order valence-electron chi connectivity index (χ0n) is 16.7. The molecule has 0 aliphatic rings. The van der Waals surface area contributed by atoms with Crippen LogP contribution in [0.3, 0.4) is 0 Å². The Morgan fingerprint density at radius 2 is 1.53 bits per heavy atom. The molecule has 0 bridgehead atoms. The van der Waals surface area contributed by atoms with Gasteiger partial charge >= 0.3 is 5.69 Å². The molecule has 0 N–H and O–H groups in total. The molecule has 0 spiro atoms. The highest BCUT2D eigenvalue weighted by Gasteiger charge is 2.17. The first-order valence-corrected chi connectivity index (χ1v) is 11.0. The highest BCUT2D eigenvalue weighted by molar-refractivity contribution is 14.1. The van der Waals surface area contributed by atoms with Crippen LogP contribution in [0.5, 0.6) is 0 Å². The van der Waals surface area contributed by atoms with Gasteiger partial charge in [0.1, 0.15) is 0 Å². The summed E-state index contributed by atoms with van der Waals surface area (Å²) in [6.45, 7) is 4.62. The van der Waals surface area contributed by atoms with Gasteiger partial charge in [-0.05, 0) is 70.8 Å². The standard InChI is InChI=1S/C24H20ClIN2O2/c1-15-8-9-18(10-16(15)2)14-28-23(29)22-20(25)11-19(26)12-21(22)27(24(28)30)13-17-6-4-3-5-7-17/h3-12H,13-14H2,1-2H3. The average Bonchev–Trinajstić information content (AvgIpc) is 2.71. The molecule has 3 aromatic carbocycles. The Balaban J connectivity index is 1.97. The van der Waals surface area contributed by atoms with E-state index in [2.05, 4.69) is 22.6 Å². The molecule has 152 valence electrons. The third-order valence-corrected chi connectivity index (χ3v) is 6.26. The quantitative estimate of drug-likeness (QED) is 0.343. The van der Waals surface area contributed by atoms with Crippen LogP contribution in [-0.2, 0) is 13.1 Å². The topological polar surface area (TPSA) is 44.0 Å². The molecule has 0 aliphatic carbocycles. The number of benzene rings is 3. The molecule has 0 saturated heterocycles. The molecule has 0 radical (unpaired) electrons. The normalized spacial score (nSPS) is 11.2. The third-order valence-electron chi connectivity index (χ3n) is 5.34. The van der Waals surface area contributed by atoms with Crippen LogP contribution in [0.15, 0.2) is 70.3 Å². The second kappa shape index (κ2) is 8.40. The van der Waals surface area contributed by atoms with Crippen LogP contribution in [0.4, 0.5) is 0 Å². The maximum Gasteiger partial charge on any atom is 0.332 e. The maximum atomic E-state index is 13.5. The van der Waals surface area contributed by atoms with E-state index in [9.17, 15) is 9.59 Å². The molecule has 4 nitrogen and oxygen atoms in total. The molecule has 1 heterocycles. The largest absolute Gasteiger partial charge is 0.332 e. The van der Waals surface area contributed by atoms with Gasteiger partial charge in [-0.25, -0.2) is 4.79 Å². The van der Waals surface area contributed by atoms with Crippen molar-refractivity contribution < 1.29 is 0 Å². The van der Waals surface area contributed by atoms with Crippen LogP contribution in [0.1, 0.15) is 22.3 Å². The van der Waals surface area contributed by atoms with Gasteiger partial charge in [-0.3, -0.25) is 13.9 Å². The van der Waals surface area contributed by atoms with Crippen LogP contribution in [-0.4, -0.2) is 9.13 Å². The number of halogens is 2. The Morgan fingerprint density at radius 1 is 0.833 bits per heavy atom. The zero-order valence-corrected chi connectivity index (χ0v) is 19.6. The lowest BCUT2D eigenvalue weighted by Crippen LogP contribution is -2.40. The molecular formula is C24H20ClIN2O2. The average molecular weight is 531 g/mol. The monoisotopic (exact) mass is 530 g/mol. The number of fused-ring (bicyclic) bond motifs is 1. The summed E-state index contributed by atoms with van der Waals surface area (Å²) in [5, 5.41) is 0.731. The van der Waals surface area contributed by atoms with Gasteiger partial charge in [0.15, 0.2) is 0 Å². The molecule has 4 aromatic rings. The predicted octanol–water partition coefficient (Wildman–Crippen LogP) is 5.13. The predicted molar refractivity (Wildman–Crippen MR) is 131 cm³/mol. The Morgan fingerprint density at radius 3 is 2.23 bits per heavy atom. The Kier molecular flexibility index (Phi) is 5.84. The summed E-state index contributed by atoms with van der Waals surface area (Å²) in [5.41, 5.74) is 4.03. The summed E-state index contributed by atoms with van der Waals surface area (Å²) in [6.07, 6.45) is 0. The fraction of sp³-hybridized carbons (Fsp3) is 0.167. The van der Waals surface area contributed by atoms with Gasteiger partial charge in [0, 0.05) is 3.57 Å². The van der Waals surface area contributed by atoms with Gasteiger partial charge in [0.05, 0.1) is 29.0 Å². The number of rotatable bonds is 4. The number of hydrogen-bond acceptors (Lipinski definition) is 2. The number of aryl methyl sites for hydroxylation is 2. The lowest BCUT2D eigenvalue weighted by atomic mass is 10.1. The van der Waals surface area contributed by atoms with Gasteiger partial charge in [0.2, 0.25) is 0 Å². The summed E-state index contributed by atoms with van der Waals surface area (Å²) >= 11 is 8.63. The molecule has 0 aliphatic heterocycles. The molecule has 0 amide bonds. The van der Waals surface area contributed by atoms with Crippen molar-refractivity contribution in [3.05, 3.63) is 112 Å². The highest BCUT2D eigenvalue weighted by atomic mass is 127. The van der Waals surface area contributed by atoms with Gasteiger partial charge in [0.25, 0.3) is 5.56 Å². The summed E-state index contributed by atoms with van der Waals surface area (Å²) in [6, 6.07) is 19.3. The number of hydrogen-bond donors (Lipinski definition) is 0. The van der Waals surface area contributed by atoms with Crippen LogP contribution in [0, 0.1) is 17.4 Å². The van der Waals surface area contributed by atoms with Crippen LogP contribution in [0.25, 0.3) is 10.9 Å². The van der Waals surface area contributed by atoms with E-state index in [0.717, 1.165) is 20.3 Å². The first-order valence-electron chi connectivity index (χ1n) is 9.57. The van der Waals surface area contributed by atoms with E-state index in [0.29, 0.717) is 22.5 Å². The molecule has 0 unspecified atom stereocenters. The van der Waals surface area contributed by atoms with Crippen LogP contribution < -0.4 is 11.2 Å². The van der Waals surface area contributed by atoms with Crippen molar-refractivity contribution in [2.24, 2.45) is 0 Å². The molecule has 0 atom stereocenters. The first kappa shape index (κ1) is 20.9. The SMILES string of the molecule is Cc1ccc(Cn2c(=O)c3c(Cl)cc(I)cc3n(Cc3ccccc3)c2=O)cc1C. The minimum absolute atomic E-state index is 0.200.